The topological polar surface area (TPSA) is 119 Å². The first-order valence-corrected chi connectivity index (χ1v) is 4.55. The third kappa shape index (κ3) is 2.64. The molecular weight excluding hydrogens is 206 g/mol. The minimum atomic E-state index is -1.47. The molecule has 1 fully saturated rings. The standard InChI is InChI=1S/C8H15NO6/c1-3(11)9-8-7(14)6(13)5(12)4(2-10)15-8/h4-8,10,12-14H,2H2,1H3,(H,9,11). The summed E-state index contributed by atoms with van der Waals surface area (Å²) in [6, 6.07) is 0. The molecular formula is C8H15NO6. The fourth-order valence-corrected chi connectivity index (χ4v) is 1.42. The molecule has 1 aliphatic heterocycles. The van der Waals surface area contributed by atoms with Crippen LogP contribution in [0.25, 0.3) is 0 Å². The number of rotatable bonds is 2. The Labute approximate surface area is 86.3 Å². The van der Waals surface area contributed by atoms with E-state index >= 15 is 0 Å². The molecule has 5 unspecified atom stereocenters. The van der Waals surface area contributed by atoms with Crippen LogP contribution >= 0.6 is 0 Å². The van der Waals surface area contributed by atoms with Crippen molar-refractivity contribution < 1.29 is 30.0 Å². The second kappa shape index (κ2) is 4.86. The van der Waals surface area contributed by atoms with Crippen molar-refractivity contribution in [3.63, 3.8) is 0 Å². The molecule has 5 atom stereocenters. The van der Waals surface area contributed by atoms with E-state index in [0.29, 0.717) is 0 Å². The predicted molar refractivity (Wildman–Crippen MR) is 47.6 cm³/mol. The second-order valence-electron chi connectivity index (χ2n) is 3.45. The van der Waals surface area contributed by atoms with E-state index in [0.717, 1.165) is 0 Å². The number of hydrogen-bond acceptors (Lipinski definition) is 6. The van der Waals surface area contributed by atoms with Crippen LogP contribution in [-0.4, -0.2) is 63.6 Å². The average Bonchev–Trinajstić information content (AvgIpc) is 2.18. The lowest BCUT2D eigenvalue weighted by Crippen LogP contribution is -2.63. The largest absolute Gasteiger partial charge is 0.394 e. The Kier molecular flexibility index (Phi) is 4.00. The molecule has 1 rings (SSSR count). The molecule has 0 aromatic carbocycles. The van der Waals surface area contributed by atoms with E-state index in [9.17, 15) is 20.1 Å². The Bertz CT molecular complexity index is 233. The van der Waals surface area contributed by atoms with Gasteiger partial charge in [-0.05, 0) is 0 Å². The van der Waals surface area contributed by atoms with Crippen LogP contribution in [0.2, 0.25) is 0 Å². The van der Waals surface area contributed by atoms with Gasteiger partial charge in [0.05, 0.1) is 6.61 Å². The zero-order valence-corrected chi connectivity index (χ0v) is 8.20. The average molecular weight is 221 g/mol. The number of ether oxygens (including phenoxy) is 1. The SMILES string of the molecule is CC(=O)NC1OC(CO)C(O)C(O)C1O. The minimum Gasteiger partial charge on any atom is -0.394 e. The van der Waals surface area contributed by atoms with Crippen molar-refractivity contribution in [2.75, 3.05) is 6.61 Å². The van der Waals surface area contributed by atoms with Crippen LogP contribution in [0, 0.1) is 0 Å². The Morgan fingerprint density at radius 2 is 1.87 bits per heavy atom. The normalized spacial score (nSPS) is 41.3. The van der Waals surface area contributed by atoms with E-state index in [-0.39, 0.29) is 0 Å². The Hall–Kier alpha value is -0.730. The van der Waals surface area contributed by atoms with Gasteiger partial charge in [0.15, 0.2) is 6.23 Å². The van der Waals surface area contributed by atoms with Gasteiger partial charge < -0.3 is 30.5 Å². The van der Waals surface area contributed by atoms with Gasteiger partial charge in [-0.25, -0.2) is 0 Å². The first-order chi connectivity index (χ1) is 6.97. The molecule has 0 saturated carbocycles. The minimum absolute atomic E-state index is 0.445. The molecule has 0 spiro atoms. The maximum Gasteiger partial charge on any atom is 0.218 e. The van der Waals surface area contributed by atoms with Crippen molar-refractivity contribution in [3.8, 4) is 0 Å². The summed E-state index contributed by atoms with van der Waals surface area (Å²) >= 11 is 0. The lowest BCUT2D eigenvalue weighted by Gasteiger charge is -2.39. The van der Waals surface area contributed by atoms with E-state index in [1.807, 2.05) is 0 Å². The fourth-order valence-electron chi connectivity index (χ4n) is 1.42. The van der Waals surface area contributed by atoms with Gasteiger partial charge in [0.1, 0.15) is 24.4 Å². The van der Waals surface area contributed by atoms with E-state index in [4.69, 9.17) is 9.84 Å². The van der Waals surface area contributed by atoms with Crippen LogP contribution in [0.4, 0.5) is 0 Å². The lowest BCUT2D eigenvalue weighted by molar-refractivity contribution is -0.235. The smallest absolute Gasteiger partial charge is 0.218 e. The first kappa shape index (κ1) is 12.3. The number of nitrogens with one attached hydrogen (secondary N) is 1. The summed E-state index contributed by atoms with van der Waals surface area (Å²) < 4.78 is 5.00. The molecule has 1 amide bonds. The van der Waals surface area contributed by atoms with Gasteiger partial charge in [0.2, 0.25) is 5.91 Å². The monoisotopic (exact) mass is 221 g/mol. The lowest BCUT2D eigenvalue weighted by atomic mass is 9.98. The van der Waals surface area contributed by atoms with E-state index in [2.05, 4.69) is 5.32 Å². The van der Waals surface area contributed by atoms with Gasteiger partial charge in [0.25, 0.3) is 0 Å². The summed E-state index contributed by atoms with van der Waals surface area (Å²) in [6.45, 7) is 0.711. The van der Waals surface area contributed by atoms with Crippen LogP contribution in [0.15, 0.2) is 0 Å². The Morgan fingerprint density at radius 3 is 2.33 bits per heavy atom. The molecule has 0 radical (unpaired) electrons. The highest BCUT2D eigenvalue weighted by molar-refractivity contribution is 5.73. The van der Waals surface area contributed by atoms with Gasteiger partial charge in [-0.1, -0.05) is 0 Å². The predicted octanol–water partition coefficient (Wildman–Crippen LogP) is -3.08. The molecule has 88 valence electrons. The summed E-state index contributed by atoms with van der Waals surface area (Å²) in [5.74, 6) is -0.445. The van der Waals surface area contributed by atoms with Crippen molar-refractivity contribution in [1.29, 1.82) is 0 Å². The Balaban J connectivity index is 2.69. The van der Waals surface area contributed by atoms with Crippen LogP contribution in [0.1, 0.15) is 6.92 Å². The highest BCUT2D eigenvalue weighted by atomic mass is 16.6. The van der Waals surface area contributed by atoms with Crippen LogP contribution in [0.3, 0.4) is 0 Å². The number of carbonyl (C=O) groups excluding carboxylic acids is 1. The molecule has 1 aliphatic rings. The number of amides is 1. The van der Waals surface area contributed by atoms with Gasteiger partial charge in [0, 0.05) is 6.92 Å². The summed E-state index contributed by atoms with van der Waals surface area (Å²) in [4.78, 5) is 10.7. The van der Waals surface area contributed by atoms with Crippen molar-refractivity contribution in [3.05, 3.63) is 0 Å². The number of hydrogen-bond donors (Lipinski definition) is 5. The first-order valence-electron chi connectivity index (χ1n) is 4.55. The molecule has 0 bridgehead atoms. The maximum atomic E-state index is 10.7. The van der Waals surface area contributed by atoms with E-state index in [1.54, 1.807) is 0 Å². The van der Waals surface area contributed by atoms with Gasteiger partial charge in [-0.2, -0.15) is 0 Å². The molecule has 0 aliphatic carbocycles. The van der Waals surface area contributed by atoms with Crippen molar-refractivity contribution in [2.45, 2.75) is 37.6 Å². The van der Waals surface area contributed by atoms with Gasteiger partial charge >= 0.3 is 0 Å². The van der Waals surface area contributed by atoms with Gasteiger partial charge in [-0.15, -0.1) is 0 Å². The van der Waals surface area contributed by atoms with Crippen LogP contribution < -0.4 is 5.32 Å². The summed E-state index contributed by atoms with van der Waals surface area (Å²) in [5, 5.41) is 39.3. The van der Waals surface area contributed by atoms with Crippen molar-refractivity contribution in [2.24, 2.45) is 0 Å². The fraction of sp³-hybridized carbons (Fsp3) is 0.875. The molecule has 7 nitrogen and oxygen atoms in total. The second-order valence-corrected chi connectivity index (χ2v) is 3.45. The summed E-state index contributed by atoms with van der Waals surface area (Å²) in [5.41, 5.74) is 0. The van der Waals surface area contributed by atoms with Crippen LogP contribution in [-0.2, 0) is 9.53 Å². The van der Waals surface area contributed by atoms with Crippen molar-refractivity contribution in [1.82, 2.24) is 5.32 Å². The molecule has 1 heterocycles. The van der Waals surface area contributed by atoms with Gasteiger partial charge in [-0.3, -0.25) is 4.79 Å². The third-order valence-corrected chi connectivity index (χ3v) is 2.24. The zero-order chi connectivity index (χ0) is 11.6. The molecule has 0 aromatic rings. The molecule has 1 saturated heterocycles. The quantitative estimate of drug-likeness (QED) is 0.337. The van der Waals surface area contributed by atoms with Crippen LogP contribution in [0.5, 0.6) is 0 Å². The van der Waals surface area contributed by atoms with E-state index in [1.165, 1.54) is 6.92 Å². The molecule has 0 aromatic heterocycles. The maximum absolute atomic E-state index is 10.7. The Morgan fingerprint density at radius 1 is 1.27 bits per heavy atom. The number of aliphatic hydroxyl groups is 4. The van der Waals surface area contributed by atoms with E-state index < -0.39 is 43.2 Å². The molecule has 15 heavy (non-hydrogen) atoms. The summed E-state index contributed by atoms with van der Waals surface area (Å²) in [6.07, 6.45) is -6.42. The number of aliphatic hydroxyl groups excluding tert-OH is 4. The highest BCUT2D eigenvalue weighted by Gasteiger charge is 2.43. The zero-order valence-electron chi connectivity index (χ0n) is 8.20. The number of carbonyl (C=O) groups is 1. The van der Waals surface area contributed by atoms with Crippen molar-refractivity contribution >= 4 is 5.91 Å². The summed E-state index contributed by atoms with van der Waals surface area (Å²) in [7, 11) is 0. The highest BCUT2D eigenvalue weighted by Crippen LogP contribution is 2.19. The molecule has 5 N–H and O–H groups in total. The molecule has 7 heteroatoms. The third-order valence-electron chi connectivity index (χ3n) is 2.24.